The van der Waals surface area contributed by atoms with Gasteiger partial charge in [0.25, 0.3) is 0 Å². The third-order valence-corrected chi connectivity index (χ3v) is 12.5. The predicted octanol–water partition coefficient (Wildman–Crippen LogP) is 12.2. The average molecular weight is 679 g/mol. The molecule has 4 nitrogen and oxygen atoms in total. The number of carbonyl (C=O) groups is 2. The van der Waals surface area contributed by atoms with Crippen LogP contribution in [0.5, 0.6) is 0 Å². The van der Waals surface area contributed by atoms with Crippen molar-refractivity contribution in [1.29, 1.82) is 0 Å². The van der Waals surface area contributed by atoms with Crippen molar-refractivity contribution < 1.29 is 19.1 Å². The van der Waals surface area contributed by atoms with E-state index in [1.54, 1.807) is 0 Å². The third-order valence-electron chi connectivity index (χ3n) is 12.5. The molecule has 3 aromatic rings. The summed E-state index contributed by atoms with van der Waals surface area (Å²) in [6, 6.07) is 9.22. The molecule has 2 saturated carbocycles. The Morgan fingerprint density at radius 2 is 0.960 bits per heavy atom. The fourth-order valence-electron chi connectivity index (χ4n) is 10.1. The summed E-state index contributed by atoms with van der Waals surface area (Å²) in [4.78, 5) is 28.2. The van der Waals surface area contributed by atoms with Gasteiger partial charge in [0.2, 0.25) is 0 Å². The normalized spacial score (nSPS) is 16.6. The summed E-state index contributed by atoms with van der Waals surface area (Å²) in [5, 5.41) is 2.87. The van der Waals surface area contributed by atoms with Crippen LogP contribution in [0.4, 0.5) is 0 Å². The monoisotopic (exact) mass is 678 g/mol. The van der Waals surface area contributed by atoms with E-state index in [1.807, 2.05) is 0 Å². The lowest BCUT2D eigenvalue weighted by molar-refractivity contribution is 0.0551. The van der Waals surface area contributed by atoms with E-state index in [1.165, 1.54) is 123 Å². The molecule has 3 aromatic carbocycles. The van der Waals surface area contributed by atoms with E-state index in [0.717, 1.165) is 88.2 Å². The molecule has 0 atom stereocenters. The van der Waals surface area contributed by atoms with Gasteiger partial charge < -0.3 is 9.47 Å². The van der Waals surface area contributed by atoms with E-state index in [0.29, 0.717) is 11.1 Å². The van der Waals surface area contributed by atoms with Crippen molar-refractivity contribution in [3.8, 4) is 0 Å². The number of carbonyl (C=O) groups excluding carboxylic acids is 2. The molecule has 4 heteroatoms. The van der Waals surface area contributed by atoms with Crippen LogP contribution in [0.25, 0.3) is 10.8 Å². The number of esters is 2. The topological polar surface area (TPSA) is 52.6 Å². The number of hydrogen-bond donors (Lipinski definition) is 0. The first kappa shape index (κ1) is 36.6. The summed E-state index contributed by atoms with van der Waals surface area (Å²) < 4.78 is 11.2. The molecular weight excluding hydrogens is 617 g/mol. The Balaban J connectivity index is 1.66. The van der Waals surface area contributed by atoms with Gasteiger partial charge in [-0.1, -0.05) is 115 Å². The average Bonchev–Trinajstić information content (AvgIpc) is 3.17. The Hall–Kier alpha value is -3.14. The SMILES string of the molecule is CCCCCCc1c2c(c(CCCCCC)c3ccccc13)Cc1c(c(C3CCCCC3)c(C(=O)OC)c(C(=O)OC)c1C1CCCCC1)C2. The molecule has 2 fully saturated rings. The van der Waals surface area contributed by atoms with Crippen molar-refractivity contribution in [2.45, 2.75) is 167 Å². The number of fused-ring (bicyclic) bond motifs is 3. The first-order valence-electron chi connectivity index (χ1n) is 20.5. The number of benzene rings is 3. The largest absolute Gasteiger partial charge is 0.465 e. The highest BCUT2D eigenvalue weighted by Gasteiger charge is 2.40. The Bertz CT molecular complexity index is 1530. The fourth-order valence-corrected chi connectivity index (χ4v) is 10.1. The van der Waals surface area contributed by atoms with E-state index in [2.05, 4.69) is 38.1 Å². The van der Waals surface area contributed by atoms with Crippen LogP contribution in [0.1, 0.15) is 206 Å². The molecule has 0 aromatic heterocycles. The molecule has 0 amide bonds. The van der Waals surface area contributed by atoms with Crippen molar-refractivity contribution in [3.63, 3.8) is 0 Å². The van der Waals surface area contributed by atoms with Crippen molar-refractivity contribution in [1.82, 2.24) is 0 Å². The third kappa shape index (κ3) is 7.42. The number of aryl methyl sites for hydroxylation is 2. The molecule has 0 saturated heterocycles. The maximum absolute atomic E-state index is 14.1. The maximum Gasteiger partial charge on any atom is 0.339 e. The molecule has 0 bridgehead atoms. The lowest BCUT2D eigenvalue weighted by atomic mass is 9.66. The van der Waals surface area contributed by atoms with E-state index in [9.17, 15) is 9.59 Å². The van der Waals surface area contributed by atoms with Gasteiger partial charge in [-0.3, -0.25) is 0 Å². The van der Waals surface area contributed by atoms with Crippen molar-refractivity contribution >= 4 is 22.7 Å². The molecule has 0 unspecified atom stereocenters. The summed E-state index contributed by atoms with van der Waals surface area (Å²) in [6.07, 6.45) is 25.1. The van der Waals surface area contributed by atoms with E-state index in [-0.39, 0.29) is 23.8 Å². The van der Waals surface area contributed by atoms with Crippen molar-refractivity contribution in [3.05, 3.63) is 79.9 Å². The lowest BCUT2D eigenvalue weighted by Gasteiger charge is -2.37. The molecule has 0 spiro atoms. The van der Waals surface area contributed by atoms with Crippen LogP contribution in [0.2, 0.25) is 0 Å². The fraction of sp³-hybridized carbons (Fsp3) is 0.609. The Kier molecular flexibility index (Phi) is 12.7. The minimum atomic E-state index is -0.369. The summed E-state index contributed by atoms with van der Waals surface area (Å²) in [5.74, 6) is -0.240. The molecule has 0 heterocycles. The smallest absolute Gasteiger partial charge is 0.339 e. The summed E-state index contributed by atoms with van der Waals surface area (Å²) >= 11 is 0. The second-order valence-corrected chi connectivity index (χ2v) is 15.6. The highest BCUT2D eigenvalue weighted by atomic mass is 16.5. The molecule has 270 valence electrons. The van der Waals surface area contributed by atoms with Crippen molar-refractivity contribution in [2.75, 3.05) is 14.2 Å². The molecular formula is C46H62O4. The van der Waals surface area contributed by atoms with Gasteiger partial charge in [0.1, 0.15) is 0 Å². The maximum atomic E-state index is 14.1. The quantitative estimate of drug-likeness (QED) is 0.0984. The Labute approximate surface area is 302 Å². The second kappa shape index (κ2) is 17.4. The minimum Gasteiger partial charge on any atom is -0.465 e. The number of unbranched alkanes of at least 4 members (excludes halogenated alkanes) is 6. The van der Waals surface area contributed by atoms with Crippen LogP contribution in [0.3, 0.4) is 0 Å². The first-order chi connectivity index (χ1) is 24.5. The zero-order chi connectivity index (χ0) is 35.0. The summed E-state index contributed by atoms with van der Waals surface area (Å²) in [7, 11) is 2.96. The molecule has 0 N–H and O–H groups in total. The van der Waals surface area contributed by atoms with Crippen LogP contribution >= 0.6 is 0 Å². The Morgan fingerprint density at radius 3 is 1.32 bits per heavy atom. The molecule has 50 heavy (non-hydrogen) atoms. The van der Waals surface area contributed by atoms with Crippen LogP contribution in [0, 0.1) is 0 Å². The molecule has 3 aliphatic rings. The van der Waals surface area contributed by atoms with Crippen LogP contribution in [0.15, 0.2) is 24.3 Å². The highest BCUT2D eigenvalue weighted by molar-refractivity contribution is 6.06. The molecule has 0 radical (unpaired) electrons. The van der Waals surface area contributed by atoms with Crippen LogP contribution in [-0.2, 0) is 35.2 Å². The Morgan fingerprint density at radius 1 is 0.560 bits per heavy atom. The summed E-state index contributed by atoms with van der Waals surface area (Å²) in [6.45, 7) is 4.58. The zero-order valence-corrected chi connectivity index (χ0v) is 31.7. The summed E-state index contributed by atoms with van der Waals surface area (Å²) in [5.41, 5.74) is 12.1. The van der Waals surface area contributed by atoms with Gasteiger partial charge in [0, 0.05) is 0 Å². The van der Waals surface area contributed by atoms with Gasteiger partial charge in [-0.25, -0.2) is 9.59 Å². The molecule has 6 rings (SSSR count). The van der Waals surface area contributed by atoms with Gasteiger partial charge in [-0.05, 0) is 131 Å². The predicted molar refractivity (Wildman–Crippen MR) is 206 cm³/mol. The van der Waals surface area contributed by atoms with Crippen LogP contribution in [-0.4, -0.2) is 26.2 Å². The van der Waals surface area contributed by atoms with E-state index < -0.39 is 0 Å². The van der Waals surface area contributed by atoms with Gasteiger partial charge in [0.05, 0.1) is 25.3 Å². The molecule has 3 aliphatic carbocycles. The van der Waals surface area contributed by atoms with E-state index in [4.69, 9.17) is 9.47 Å². The van der Waals surface area contributed by atoms with E-state index >= 15 is 0 Å². The van der Waals surface area contributed by atoms with Crippen molar-refractivity contribution in [2.24, 2.45) is 0 Å². The van der Waals surface area contributed by atoms with Crippen LogP contribution < -0.4 is 0 Å². The van der Waals surface area contributed by atoms with Gasteiger partial charge in [0.15, 0.2) is 0 Å². The first-order valence-corrected chi connectivity index (χ1v) is 20.5. The number of methoxy groups -OCH3 is 2. The number of rotatable bonds is 14. The number of ether oxygens (including phenoxy) is 2. The minimum absolute atomic E-state index is 0.249. The lowest BCUT2D eigenvalue weighted by Crippen LogP contribution is -2.28. The highest BCUT2D eigenvalue weighted by Crippen LogP contribution is 2.50. The van der Waals surface area contributed by atoms with Gasteiger partial charge in [-0.2, -0.15) is 0 Å². The zero-order valence-electron chi connectivity index (χ0n) is 31.7. The van der Waals surface area contributed by atoms with Gasteiger partial charge in [-0.15, -0.1) is 0 Å². The number of hydrogen-bond acceptors (Lipinski definition) is 4. The molecule has 0 aliphatic heterocycles. The van der Waals surface area contributed by atoms with Gasteiger partial charge >= 0.3 is 11.9 Å². The second-order valence-electron chi connectivity index (χ2n) is 15.6. The standard InChI is InChI=1S/C46H62O4/c1-5-7-9-17-25-35-33-27-19-20-28-34(33)36(26-18-10-8-6-2)38-30-40-39(29-37(35)38)41(31-21-13-11-14-22-31)43(45(47)49-3)44(46(48)50-4)42(40)32-23-15-12-16-24-32/h19-20,27-28,31-32H,5-18,21-26,29-30H2,1-4H3.